The average molecular weight is 303 g/mol. The summed E-state index contributed by atoms with van der Waals surface area (Å²) in [7, 11) is 0. The normalized spacial score (nSPS) is 18.1. The van der Waals surface area contributed by atoms with Gasteiger partial charge < -0.3 is 10.2 Å². The Bertz CT molecular complexity index is 464. The Morgan fingerprint density at radius 3 is 2.73 bits per heavy atom. The number of hydrogen-bond donors (Lipinski definition) is 1. The molecule has 2 heterocycles. The van der Waals surface area contributed by atoms with Crippen LogP contribution in [0.25, 0.3) is 0 Å². The van der Waals surface area contributed by atoms with E-state index in [0.717, 1.165) is 37.2 Å². The Balaban J connectivity index is 1.75. The van der Waals surface area contributed by atoms with Crippen molar-refractivity contribution in [1.29, 1.82) is 0 Å². The molecule has 1 aliphatic rings. The molecule has 1 amide bonds. The predicted octanol–water partition coefficient (Wildman–Crippen LogP) is 3.08. The topological polar surface area (TPSA) is 45.2 Å². The minimum Gasteiger partial charge on any atom is -0.350 e. The van der Waals surface area contributed by atoms with E-state index in [9.17, 15) is 4.79 Å². The number of aryl methyl sites for hydroxylation is 1. The molecule has 1 aromatic rings. The first kappa shape index (κ1) is 16.9. The molecule has 1 fully saturated rings. The maximum atomic E-state index is 12.2. The lowest BCUT2D eigenvalue weighted by Crippen LogP contribution is -2.36. The molecule has 1 aliphatic heterocycles. The summed E-state index contributed by atoms with van der Waals surface area (Å²) < 4.78 is 0. The van der Waals surface area contributed by atoms with Crippen molar-refractivity contribution in [3.05, 3.63) is 29.6 Å². The Morgan fingerprint density at radius 1 is 1.41 bits per heavy atom. The van der Waals surface area contributed by atoms with Crippen molar-refractivity contribution < 1.29 is 4.79 Å². The first-order chi connectivity index (χ1) is 10.6. The summed E-state index contributed by atoms with van der Waals surface area (Å²) in [6, 6.07) is 4.05. The lowest BCUT2D eigenvalue weighted by Gasteiger charge is -2.31. The molecule has 1 unspecified atom stereocenters. The molecule has 1 atom stereocenters. The van der Waals surface area contributed by atoms with Gasteiger partial charge in [-0.25, -0.2) is 0 Å². The molecule has 0 aromatic carbocycles. The third kappa shape index (κ3) is 5.09. The van der Waals surface area contributed by atoms with Gasteiger partial charge in [0.2, 0.25) is 5.91 Å². The number of piperidine rings is 1. The fourth-order valence-electron chi connectivity index (χ4n) is 3.11. The molecule has 1 saturated heterocycles. The molecule has 0 bridgehead atoms. The van der Waals surface area contributed by atoms with Gasteiger partial charge in [0.15, 0.2) is 0 Å². The molecule has 0 radical (unpaired) electrons. The van der Waals surface area contributed by atoms with E-state index in [1.54, 1.807) is 0 Å². The van der Waals surface area contributed by atoms with Crippen molar-refractivity contribution in [2.45, 2.75) is 52.5 Å². The third-order valence-electron chi connectivity index (χ3n) is 4.53. The number of amides is 1. The molecule has 4 heteroatoms. The van der Waals surface area contributed by atoms with E-state index in [0.29, 0.717) is 12.3 Å². The Kier molecular flexibility index (Phi) is 6.37. The van der Waals surface area contributed by atoms with Crippen LogP contribution in [-0.2, 0) is 4.79 Å². The third-order valence-corrected chi connectivity index (χ3v) is 4.53. The number of aromatic nitrogens is 1. The number of pyridine rings is 1. The molecule has 0 spiro atoms. The second kappa shape index (κ2) is 8.28. The van der Waals surface area contributed by atoms with Gasteiger partial charge in [-0.1, -0.05) is 13.0 Å². The van der Waals surface area contributed by atoms with Crippen LogP contribution >= 0.6 is 0 Å². The SMILES string of the molecule is CCCN1CCC(CC(=O)NC(C)c2ccc(C)nc2)CC1. The van der Waals surface area contributed by atoms with Crippen LogP contribution in [0.3, 0.4) is 0 Å². The van der Waals surface area contributed by atoms with E-state index in [1.165, 1.54) is 13.0 Å². The minimum absolute atomic E-state index is 0.0285. The highest BCUT2D eigenvalue weighted by molar-refractivity contribution is 5.76. The van der Waals surface area contributed by atoms with Gasteiger partial charge in [-0.2, -0.15) is 0 Å². The molecule has 1 aromatic heterocycles. The summed E-state index contributed by atoms with van der Waals surface area (Å²) in [4.78, 5) is 19.0. The van der Waals surface area contributed by atoms with E-state index >= 15 is 0 Å². The smallest absolute Gasteiger partial charge is 0.220 e. The Labute approximate surface area is 134 Å². The van der Waals surface area contributed by atoms with Crippen molar-refractivity contribution in [1.82, 2.24) is 15.2 Å². The monoisotopic (exact) mass is 303 g/mol. The van der Waals surface area contributed by atoms with Crippen LogP contribution in [0.15, 0.2) is 18.3 Å². The van der Waals surface area contributed by atoms with Crippen LogP contribution in [0.2, 0.25) is 0 Å². The lowest BCUT2D eigenvalue weighted by atomic mass is 9.93. The molecular weight excluding hydrogens is 274 g/mol. The Morgan fingerprint density at radius 2 is 2.14 bits per heavy atom. The first-order valence-electron chi connectivity index (χ1n) is 8.52. The molecule has 2 rings (SSSR count). The highest BCUT2D eigenvalue weighted by atomic mass is 16.1. The summed E-state index contributed by atoms with van der Waals surface area (Å²) in [6.45, 7) is 9.69. The fourth-order valence-corrected chi connectivity index (χ4v) is 3.11. The van der Waals surface area contributed by atoms with Gasteiger partial charge in [-0.05, 0) is 70.3 Å². The van der Waals surface area contributed by atoms with Crippen LogP contribution < -0.4 is 5.32 Å². The van der Waals surface area contributed by atoms with E-state index in [-0.39, 0.29) is 11.9 Å². The lowest BCUT2D eigenvalue weighted by molar-refractivity contribution is -0.123. The van der Waals surface area contributed by atoms with Crippen LogP contribution in [0.1, 0.15) is 56.8 Å². The number of hydrogen-bond acceptors (Lipinski definition) is 3. The number of carbonyl (C=O) groups is 1. The summed E-state index contributed by atoms with van der Waals surface area (Å²) in [5, 5.41) is 3.11. The summed E-state index contributed by atoms with van der Waals surface area (Å²) in [5.74, 6) is 0.707. The summed E-state index contributed by atoms with van der Waals surface area (Å²) in [6.07, 6.45) is 6.02. The molecule has 0 aliphatic carbocycles. The number of nitrogens with zero attached hydrogens (tertiary/aromatic N) is 2. The van der Waals surface area contributed by atoms with E-state index in [4.69, 9.17) is 0 Å². The number of nitrogens with one attached hydrogen (secondary N) is 1. The van der Waals surface area contributed by atoms with Gasteiger partial charge in [-0.15, -0.1) is 0 Å². The van der Waals surface area contributed by atoms with Crippen LogP contribution in [-0.4, -0.2) is 35.4 Å². The fraction of sp³-hybridized carbons (Fsp3) is 0.667. The maximum absolute atomic E-state index is 12.2. The van der Waals surface area contributed by atoms with E-state index in [1.807, 2.05) is 32.2 Å². The largest absolute Gasteiger partial charge is 0.350 e. The van der Waals surface area contributed by atoms with Crippen molar-refractivity contribution in [2.75, 3.05) is 19.6 Å². The van der Waals surface area contributed by atoms with E-state index < -0.39 is 0 Å². The number of carbonyl (C=O) groups excluding carboxylic acids is 1. The molecule has 22 heavy (non-hydrogen) atoms. The highest BCUT2D eigenvalue weighted by Gasteiger charge is 2.21. The summed E-state index contributed by atoms with van der Waals surface area (Å²) >= 11 is 0. The van der Waals surface area contributed by atoms with Crippen molar-refractivity contribution in [2.24, 2.45) is 5.92 Å². The van der Waals surface area contributed by atoms with Crippen LogP contribution in [0, 0.1) is 12.8 Å². The molecule has 1 N–H and O–H groups in total. The molecule has 122 valence electrons. The minimum atomic E-state index is 0.0285. The van der Waals surface area contributed by atoms with Crippen molar-refractivity contribution in [3.8, 4) is 0 Å². The zero-order valence-corrected chi connectivity index (χ0v) is 14.1. The average Bonchev–Trinajstić information content (AvgIpc) is 2.50. The van der Waals surface area contributed by atoms with Gasteiger partial charge in [-0.3, -0.25) is 9.78 Å². The highest BCUT2D eigenvalue weighted by Crippen LogP contribution is 2.21. The molecular formula is C18H29N3O. The van der Waals surface area contributed by atoms with E-state index in [2.05, 4.69) is 22.1 Å². The first-order valence-corrected chi connectivity index (χ1v) is 8.52. The zero-order chi connectivity index (χ0) is 15.9. The predicted molar refractivity (Wildman–Crippen MR) is 89.6 cm³/mol. The van der Waals surface area contributed by atoms with Gasteiger partial charge in [0.25, 0.3) is 0 Å². The van der Waals surface area contributed by atoms with Crippen LogP contribution in [0.4, 0.5) is 0 Å². The van der Waals surface area contributed by atoms with Crippen LogP contribution in [0.5, 0.6) is 0 Å². The zero-order valence-electron chi connectivity index (χ0n) is 14.1. The molecule has 0 saturated carbocycles. The van der Waals surface area contributed by atoms with Gasteiger partial charge >= 0.3 is 0 Å². The second-order valence-corrected chi connectivity index (χ2v) is 6.51. The van der Waals surface area contributed by atoms with Crippen molar-refractivity contribution >= 4 is 5.91 Å². The maximum Gasteiger partial charge on any atom is 0.220 e. The van der Waals surface area contributed by atoms with Gasteiger partial charge in [0.05, 0.1) is 6.04 Å². The Hall–Kier alpha value is -1.42. The molecule has 4 nitrogen and oxygen atoms in total. The number of rotatable bonds is 6. The standard InChI is InChI=1S/C18H29N3O/c1-4-9-21-10-7-16(8-11-21)12-18(22)20-15(3)17-6-5-14(2)19-13-17/h5-6,13,15-16H,4,7-12H2,1-3H3,(H,20,22). The second-order valence-electron chi connectivity index (χ2n) is 6.51. The van der Waals surface area contributed by atoms with Gasteiger partial charge in [0, 0.05) is 18.3 Å². The quantitative estimate of drug-likeness (QED) is 0.878. The van der Waals surface area contributed by atoms with Crippen molar-refractivity contribution in [3.63, 3.8) is 0 Å². The van der Waals surface area contributed by atoms with Gasteiger partial charge in [0.1, 0.15) is 0 Å². The summed E-state index contributed by atoms with van der Waals surface area (Å²) in [5.41, 5.74) is 2.07. The number of likely N-dealkylation sites (tertiary alicyclic amines) is 1.